The fourth-order valence-electron chi connectivity index (χ4n) is 2.90. The van der Waals surface area contributed by atoms with Crippen LogP contribution in [0.3, 0.4) is 0 Å². The predicted molar refractivity (Wildman–Crippen MR) is 126 cm³/mol. The van der Waals surface area contributed by atoms with Crippen LogP contribution in [0.2, 0.25) is 0 Å². The van der Waals surface area contributed by atoms with Crippen molar-refractivity contribution in [1.82, 2.24) is 4.90 Å². The Morgan fingerprint density at radius 2 is 1.61 bits per heavy atom. The number of nitrogens with one attached hydrogen (secondary N) is 1. The Balaban J connectivity index is 2.07. The van der Waals surface area contributed by atoms with Gasteiger partial charge in [0.15, 0.2) is 0 Å². The number of allylic oxidation sites excluding steroid dienone is 1. The number of carbonyl (C=O) groups is 3. The summed E-state index contributed by atoms with van der Waals surface area (Å²) >= 11 is 0. The average Bonchev–Trinajstić information content (AvgIpc) is 2.79. The smallest absolute Gasteiger partial charge is 0.336 e. The molecule has 0 aliphatic carbocycles. The van der Waals surface area contributed by atoms with E-state index in [9.17, 15) is 14.4 Å². The first-order valence-electron chi connectivity index (χ1n) is 10.3. The summed E-state index contributed by atoms with van der Waals surface area (Å²) in [5.41, 5.74) is 7.71. The molecule has 0 saturated heterocycles. The molecule has 0 aliphatic heterocycles. The number of amidine groups is 1. The van der Waals surface area contributed by atoms with Crippen molar-refractivity contribution in [2.75, 3.05) is 19.7 Å². The van der Waals surface area contributed by atoms with Crippen LogP contribution in [0, 0.1) is 5.41 Å². The van der Waals surface area contributed by atoms with Crippen molar-refractivity contribution in [2.24, 2.45) is 5.73 Å². The van der Waals surface area contributed by atoms with Crippen molar-refractivity contribution >= 4 is 29.3 Å². The number of amides is 1. The summed E-state index contributed by atoms with van der Waals surface area (Å²) in [7, 11) is 0. The maximum atomic E-state index is 12.8. The number of rotatable bonds is 10. The molecule has 33 heavy (non-hydrogen) atoms. The number of nitrogens with two attached hydrogens (primary N) is 1. The normalized spacial score (nSPS) is 10.8. The molecule has 0 unspecified atom stereocenters. The Morgan fingerprint density at radius 3 is 2.15 bits per heavy atom. The highest BCUT2D eigenvalue weighted by Gasteiger charge is 2.18. The zero-order valence-corrected chi connectivity index (χ0v) is 18.7. The lowest BCUT2D eigenvalue weighted by Gasteiger charge is -2.20. The van der Waals surface area contributed by atoms with Crippen molar-refractivity contribution in [2.45, 2.75) is 13.8 Å². The summed E-state index contributed by atoms with van der Waals surface area (Å²) in [4.78, 5) is 38.1. The van der Waals surface area contributed by atoms with E-state index in [1.807, 2.05) is 0 Å². The van der Waals surface area contributed by atoms with Crippen LogP contribution in [0.5, 0.6) is 5.75 Å². The molecule has 0 spiro atoms. The number of esters is 2. The minimum absolute atomic E-state index is 0.0703. The third-order valence-electron chi connectivity index (χ3n) is 4.57. The largest absolute Gasteiger partial charge is 0.465 e. The lowest BCUT2D eigenvalue weighted by molar-refractivity contribution is -0.143. The Morgan fingerprint density at radius 1 is 1.03 bits per heavy atom. The maximum absolute atomic E-state index is 12.8. The zero-order valence-electron chi connectivity index (χ0n) is 18.7. The van der Waals surface area contributed by atoms with Crippen molar-refractivity contribution < 1.29 is 23.9 Å². The molecule has 0 saturated carbocycles. The number of nitrogens with zero attached hydrogens (tertiary/aromatic N) is 1. The van der Waals surface area contributed by atoms with Crippen molar-refractivity contribution in [1.29, 1.82) is 5.41 Å². The van der Waals surface area contributed by atoms with Gasteiger partial charge in [-0.15, -0.1) is 6.58 Å². The molecule has 0 radical (unpaired) electrons. The van der Waals surface area contributed by atoms with Gasteiger partial charge in [-0.25, -0.2) is 4.79 Å². The van der Waals surface area contributed by atoms with Gasteiger partial charge in [-0.1, -0.05) is 18.2 Å². The topological polar surface area (TPSA) is 123 Å². The van der Waals surface area contributed by atoms with Crippen LogP contribution in [-0.2, 0) is 14.3 Å². The van der Waals surface area contributed by atoms with E-state index in [1.165, 1.54) is 17.1 Å². The minimum atomic E-state index is -0.560. The first kappa shape index (κ1) is 25.1. The minimum Gasteiger partial charge on any atom is -0.465 e. The number of hydrogen-bond acceptors (Lipinski definition) is 6. The molecule has 0 bridgehead atoms. The summed E-state index contributed by atoms with van der Waals surface area (Å²) in [6.45, 7) is 7.35. The van der Waals surface area contributed by atoms with Gasteiger partial charge in [0.05, 0.1) is 6.61 Å². The van der Waals surface area contributed by atoms with Gasteiger partial charge < -0.3 is 20.1 Å². The quantitative estimate of drug-likeness (QED) is 0.143. The highest BCUT2D eigenvalue weighted by molar-refractivity contribution is 5.97. The van der Waals surface area contributed by atoms with Gasteiger partial charge in [-0.05, 0) is 61.4 Å². The van der Waals surface area contributed by atoms with Gasteiger partial charge >= 0.3 is 11.9 Å². The van der Waals surface area contributed by atoms with Crippen molar-refractivity contribution in [3.8, 4) is 5.75 Å². The summed E-state index contributed by atoms with van der Waals surface area (Å²) in [6.07, 6.45) is 2.89. The Hall–Kier alpha value is -4.20. The first-order chi connectivity index (χ1) is 15.7. The molecular formula is C25H27N3O5. The third kappa shape index (κ3) is 7.46. The lowest BCUT2D eigenvalue weighted by Crippen LogP contribution is -2.36. The molecule has 1 amide bonds. The van der Waals surface area contributed by atoms with E-state index in [4.69, 9.17) is 20.6 Å². The molecule has 8 nitrogen and oxygen atoms in total. The molecular weight excluding hydrogens is 422 g/mol. The van der Waals surface area contributed by atoms with Gasteiger partial charge in [0, 0.05) is 23.7 Å². The van der Waals surface area contributed by atoms with Crippen LogP contribution in [0.15, 0.2) is 67.3 Å². The molecule has 2 rings (SSSR count). The number of carbonyl (C=O) groups excluding carboxylic acids is 3. The van der Waals surface area contributed by atoms with Crippen LogP contribution in [0.4, 0.5) is 0 Å². The monoisotopic (exact) mass is 449 g/mol. The third-order valence-corrected chi connectivity index (χ3v) is 4.57. The number of ether oxygens (including phenoxy) is 2. The number of nitrogen functional groups attached to an aromatic ring is 1. The average molecular weight is 450 g/mol. The second kappa shape index (κ2) is 12.0. The molecule has 2 aromatic rings. The Kier molecular flexibility index (Phi) is 9.11. The zero-order chi connectivity index (χ0) is 24.4. The lowest BCUT2D eigenvalue weighted by atomic mass is 10.0. The van der Waals surface area contributed by atoms with E-state index in [-0.39, 0.29) is 31.4 Å². The van der Waals surface area contributed by atoms with Crippen molar-refractivity contribution in [3.05, 3.63) is 84.0 Å². The van der Waals surface area contributed by atoms with E-state index < -0.39 is 11.9 Å². The van der Waals surface area contributed by atoms with E-state index in [0.717, 1.165) is 5.56 Å². The van der Waals surface area contributed by atoms with E-state index >= 15 is 0 Å². The van der Waals surface area contributed by atoms with Gasteiger partial charge in [0.1, 0.15) is 18.1 Å². The second-order valence-corrected chi connectivity index (χ2v) is 7.04. The fourth-order valence-corrected chi connectivity index (χ4v) is 2.90. The van der Waals surface area contributed by atoms with Gasteiger partial charge in [-0.3, -0.25) is 15.0 Å². The second-order valence-electron chi connectivity index (χ2n) is 7.04. The van der Waals surface area contributed by atoms with Gasteiger partial charge in [-0.2, -0.15) is 0 Å². The maximum Gasteiger partial charge on any atom is 0.336 e. The highest BCUT2D eigenvalue weighted by Crippen LogP contribution is 2.17. The SMILES string of the molecule is C=CCN(CC(=O)OCC)C(=O)c1ccc(/C(C)=C/C(=O)Oc2ccc(C(=N)N)cc2)cc1. The molecule has 8 heteroatoms. The number of hydrogen-bond donors (Lipinski definition) is 2. The van der Waals surface area contributed by atoms with Crippen LogP contribution in [-0.4, -0.2) is 48.3 Å². The first-order valence-corrected chi connectivity index (χ1v) is 10.3. The summed E-state index contributed by atoms with van der Waals surface area (Å²) in [5, 5.41) is 7.38. The van der Waals surface area contributed by atoms with Crippen LogP contribution in [0.1, 0.15) is 35.3 Å². The molecule has 2 aromatic carbocycles. The molecule has 0 atom stereocenters. The number of benzene rings is 2. The standard InChI is InChI=1S/C25H27N3O5/c1-4-14-28(16-23(30)32-5-2)25(31)20-8-6-18(7-9-20)17(3)15-22(29)33-21-12-10-19(11-13-21)24(26)27/h4,6-13,15H,1,5,14,16H2,2-3H3,(H3,26,27)/b17-15+. The van der Waals surface area contributed by atoms with Crippen LogP contribution in [0.25, 0.3) is 5.57 Å². The van der Waals surface area contributed by atoms with Crippen LogP contribution < -0.4 is 10.5 Å². The summed E-state index contributed by atoms with van der Waals surface area (Å²) in [6, 6.07) is 13.0. The summed E-state index contributed by atoms with van der Waals surface area (Å²) < 4.78 is 10.2. The fraction of sp³-hybridized carbons (Fsp3) is 0.200. The molecule has 172 valence electrons. The van der Waals surface area contributed by atoms with E-state index in [2.05, 4.69) is 6.58 Å². The molecule has 3 N–H and O–H groups in total. The highest BCUT2D eigenvalue weighted by atomic mass is 16.5. The van der Waals surface area contributed by atoms with Crippen molar-refractivity contribution in [3.63, 3.8) is 0 Å². The molecule has 0 aliphatic rings. The van der Waals surface area contributed by atoms with Gasteiger partial charge in [0.2, 0.25) is 0 Å². The Labute approximate surface area is 192 Å². The molecule has 0 fully saturated rings. The molecule has 0 heterocycles. The van der Waals surface area contributed by atoms with E-state index in [0.29, 0.717) is 22.4 Å². The predicted octanol–water partition coefficient (Wildman–Crippen LogP) is 3.17. The molecule has 0 aromatic heterocycles. The Bertz CT molecular complexity index is 1060. The van der Waals surface area contributed by atoms with Crippen LogP contribution >= 0.6 is 0 Å². The van der Waals surface area contributed by atoms with E-state index in [1.54, 1.807) is 62.4 Å². The van der Waals surface area contributed by atoms with Gasteiger partial charge in [0.25, 0.3) is 5.91 Å². The summed E-state index contributed by atoms with van der Waals surface area (Å²) in [5.74, 6) is -1.12.